The van der Waals surface area contributed by atoms with Crippen LogP contribution in [0.5, 0.6) is 11.5 Å². The molecule has 2 aromatic rings. The van der Waals surface area contributed by atoms with E-state index in [1.807, 2.05) is 24.3 Å². The summed E-state index contributed by atoms with van der Waals surface area (Å²) in [5.74, 6) is -0.0112. The van der Waals surface area contributed by atoms with Crippen LogP contribution in [-0.2, 0) is 14.4 Å². The number of thioether (sulfide) groups is 1. The number of hydrogen-bond donors (Lipinski definition) is 2. The second kappa shape index (κ2) is 9.52. The molecule has 2 unspecified atom stereocenters. The number of para-hydroxylation sites is 1. The summed E-state index contributed by atoms with van der Waals surface area (Å²) in [5, 5.41) is 4.86. The van der Waals surface area contributed by atoms with Gasteiger partial charge in [-0.15, -0.1) is 11.8 Å². The van der Waals surface area contributed by atoms with E-state index in [2.05, 4.69) is 10.6 Å². The largest absolute Gasteiger partial charge is 0.493 e. The number of rotatable bonds is 5. The lowest BCUT2D eigenvalue weighted by Crippen LogP contribution is -2.50. The molecule has 0 spiro atoms. The van der Waals surface area contributed by atoms with Gasteiger partial charge in [-0.2, -0.15) is 0 Å². The zero-order valence-electron chi connectivity index (χ0n) is 17.9. The van der Waals surface area contributed by atoms with Crippen LogP contribution in [0.2, 0.25) is 0 Å². The van der Waals surface area contributed by atoms with Crippen LogP contribution >= 0.6 is 11.8 Å². The van der Waals surface area contributed by atoms with E-state index in [-0.39, 0.29) is 30.2 Å². The molecule has 0 bridgehead atoms. The van der Waals surface area contributed by atoms with Crippen LogP contribution in [0.25, 0.3) is 0 Å². The lowest BCUT2D eigenvalue weighted by atomic mass is 9.96. The molecule has 2 aliphatic heterocycles. The monoisotopic (exact) mass is 455 g/mol. The van der Waals surface area contributed by atoms with E-state index in [0.717, 1.165) is 10.6 Å². The maximum Gasteiger partial charge on any atom is 0.247 e. The molecule has 4 rings (SSSR count). The number of nitrogens with zero attached hydrogens (tertiary/aromatic N) is 1. The van der Waals surface area contributed by atoms with E-state index in [4.69, 9.17) is 9.47 Å². The van der Waals surface area contributed by atoms with Gasteiger partial charge >= 0.3 is 0 Å². The van der Waals surface area contributed by atoms with Crippen molar-refractivity contribution in [2.75, 3.05) is 37.9 Å². The van der Waals surface area contributed by atoms with Crippen molar-refractivity contribution < 1.29 is 23.9 Å². The Morgan fingerprint density at radius 1 is 1.12 bits per heavy atom. The predicted molar refractivity (Wildman–Crippen MR) is 122 cm³/mol. The Morgan fingerprint density at radius 3 is 2.69 bits per heavy atom. The molecule has 0 radical (unpaired) electrons. The number of carbonyl (C=O) groups is 3. The van der Waals surface area contributed by atoms with Crippen molar-refractivity contribution in [3.05, 3.63) is 42.5 Å². The summed E-state index contributed by atoms with van der Waals surface area (Å²) in [6.07, 6.45) is 1.38. The molecule has 2 heterocycles. The maximum absolute atomic E-state index is 13.1. The topological polar surface area (TPSA) is 97.0 Å². The normalized spacial score (nSPS) is 20.1. The van der Waals surface area contributed by atoms with Crippen LogP contribution in [0.1, 0.15) is 12.8 Å². The minimum atomic E-state index is -0.849. The summed E-state index contributed by atoms with van der Waals surface area (Å²) < 4.78 is 10.5. The van der Waals surface area contributed by atoms with Crippen LogP contribution in [0, 0.1) is 5.92 Å². The molecule has 2 aliphatic rings. The van der Waals surface area contributed by atoms with Gasteiger partial charge in [-0.3, -0.25) is 14.4 Å². The molecule has 32 heavy (non-hydrogen) atoms. The first-order valence-electron chi connectivity index (χ1n) is 10.4. The van der Waals surface area contributed by atoms with Gasteiger partial charge in [0.25, 0.3) is 0 Å². The highest BCUT2D eigenvalue weighted by Gasteiger charge is 2.38. The number of hydrogen-bond acceptors (Lipinski definition) is 6. The standard InChI is InChI=1S/C23H25N3O5S/c1-30-17-10-9-15(12-18(17)31-2)24-21(27)14-6-5-11-26(13-14)23(29)20-22(28)25-16-7-3-4-8-19(16)32-20/h3-4,7-10,12,14,20H,5-6,11,13H2,1-2H3,(H,24,27)(H,25,28). The highest BCUT2D eigenvalue weighted by molar-refractivity contribution is 8.01. The number of piperidine rings is 1. The number of carbonyl (C=O) groups excluding carboxylic acids is 3. The maximum atomic E-state index is 13.1. The van der Waals surface area contributed by atoms with E-state index in [1.165, 1.54) is 18.9 Å². The summed E-state index contributed by atoms with van der Waals surface area (Å²) in [6.45, 7) is 0.814. The zero-order valence-corrected chi connectivity index (χ0v) is 18.7. The lowest BCUT2D eigenvalue weighted by molar-refractivity contribution is -0.136. The second-order valence-corrected chi connectivity index (χ2v) is 8.81. The minimum Gasteiger partial charge on any atom is -0.493 e. The number of amides is 3. The Kier molecular flexibility index (Phi) is 6.55. The van der Waals surface area contributed by atoms with Gasteiger partial charge in [0.2, 0.25) is 17.7 Å². The van der Waals surface area contributed by atoms with Crippen molar-refractivity contribution in [3.8, 4) is 11.5 Å². The van der Waals surface area contributed by atoms with Crippen LogP contribution in [0.3, 0.4) is 0 Å². The summed E-state index contributed by atoms with van der Waals surface area (Å²) in [7, 11) is 3.08. The molecule has 9 heteroatoms. The first-order chi connectivity index (χ1) is 15.5. The molecule has 2 atom stereocenters. The fraction of sp³-hybridized carbons (Fsp3) is 0.348. The zero-order chi connectivity index (χ0) is 22.7. The smallest absolute Gasteiger partial charge is 0.247 e. The number of ether oxygens (including phenoxy) is 2. The number of anilines is 2. The fourth-order valence-electron chi connectivity index (χ4n) is 3.93. The quantitative estimate of drug-likeness (QED) is 0.673. The van der Waals surface area contributed by atoms with Gasteiger partial charge in [0, 0.05) is 29.7 Å². The third-order valence-corrected chi connectivity index (χ3v) is 6.87. The van der Waals surface area contributed by atoms with Crippen LogP contribution in [0.15, 0.2) is 47.4 Å². The van der Waals surface area contributed by atoms with Crippen molar-refractivity contribution in [2.24, 2.45) is 5.92 Å². The van der Waals surface area contributed by atoms with Gasteiger partial charge in [0.05, 0.1) is 25.8 Å². The molecule has 1 fully saturated rings. The van der Waals surface area contributed by atoms with Crippen molar-refractivity contribution >= 4 is 40.9 Å². The number of fused-ring (bicyclic) bond motifs is 1. The van der Waals surface area contributed by atoms with Gasteiger partial charge in [-0.05, 0) is 37.1 Å². The van der Waals surface area contributed by atoms with Crippen molar-refractivity contribution in [1.29, 1.82) is 0 Å². The third-order valence-electron chi connectivity index (χ3n) is 5.61. The van der Waals surface area contributed by atoms with Crippen molar-refractivity contribution in [1.82, 2.24) is 4.90 Å². The van der Waals surface area contributed by atoms with E-state index in [1.54, 1.807) is 30.2 Å². The van der Waals surface area contributed by atoms with Gasteiger partial charge in [-0.25, -0.2) is 0 Å². The Balaban J connectivity index is 1.41. The summed E-state index contributed by atoms with van der Waals surface area (Å²) in [5.41, 5.74) is 1.31. The van der Waals surface area contributed by atoms with E-state index in [9.17, 15) is 14.4 Å². The highest BCUT2D eigenvalue weighted by atomic mass is 32.2. The van der Waals surface area contributed by atoms with Gasteiger partial charge in [-0.1, -0.05) is 12.1 Å². The first kappa shape index (κ1) is 22.0. The molecule has 2 aromatic carbocycles. The molecule has 1 saturated heterocycles. The molecular weight excluding hydrogens is 430 g/mol. The summed E-state index contributed by atoms with van der Waals surface area (Å²) in [6, 6.07) is 12.6. The van der Waals surface area contributed by atoms with Crippen LogP contribution < -0.4 is 20.1 Å². The Morgan fingerprint density at radius 2 is 1.91 bits per heavy atom. The molecule has 168 valence electrons. The number of benzene rings is 2. The fourth-order valence-corrected chi connectivity index (χ4v) is 5.00. The molecule has 8 nitrogen and oxygen atoms in total. The van der Waals surface area contributed by atoms with Crippen LogP contribution in [0.4, 0.5) is 11.4 Å². The van der Waals surface area contributed by atoms with E-state index >= 15 is 0 Å². The summed E-state index contributed by atoms with van der Waals surface area (Å²) >= 11 is 1.26. The molecule has 0 saturated carbocycles. The Labute approximate surface area is 190 Å². The molecule has 0 aliphatic carbocycles. The van der Waals surface area contributed by atoms with Gasteiger partial charge in [0.1, 0.15) is 0 Å². The Hall–Kier alpha value is -3.20. The third kappa shape index (κ3) is 4.52. The van der Waals surface area contributed by atoms with Crippen molar-refractivity contribution in [2.45, 2.75) is 23.0 Å². The number of nitrogens with one attached hydrogen (secondary N) is 2. The van der Waals surface area contributed by atoms with Crippen molar-refractivity contribution in [3.63, 3.8) is 0 Å². The average Bonchev–Trinajstić information content (AvgIpc) is 2.83. The average molecular weight is 456 g/mol. The first-order valence-corrected chi connectivity index (χ1v) is 11.3. The summed E-state index contributed by atoms with van der Waals surface area (Å²) in [4.78, 5) is 41.1. The molecule has 3 amide bonds. The van der Waals surface area contributed by atoms with E-state index < -0.39 is 5.25 Å². The minimum absolute atomic E-state index is 0.166. The lowest BCUT2D eigenvalue weighted by Gasteiger charge is -2.35. The van der Waals surface area contributed by atoms with Crippen LogP contribution in [-0.4, -0.2) is 55.2 Å². The molecular formula is C23H25N3O5S. The second-order valence-electron chi connectivity index (χ2n) is 7.67. The SMILES string of the molecule is COc1ccc(NC(=O)C2CCCN(C(=O)C3Sc4ccccc4NC3=O)C2)cc1OC. The molecule has 0 aromatic heterocycles. The van der Waals surface area contributed by atoms with E-state index in [0.29, 0.717) is 36.6 Å². The van der Waals surface area contributed by atoms with Gasteiger partial charge in [0.15, 0.2) is 16.7 Å². The van der Waals surface area contributed by atoms with Gasteiger partial charge < -0.3 is 25.0 Å². The molecule has 2 N–H and O–H groups in total. The predicted octanol–water partition coefficient (Wildman–Crippen LogP) is 2.99. The number of methoxy groups -OCH3 is 2. The highest BCUT2D eigenvalue weighted by Crippen LogP contribution is 2.36. The number of likely N-dealkylation sites (tertiary alicyclic amines) is 1. The Bertz CT molecular complexity index is 1040.